The first kappa shape index (κ1) is 34.2. The van der Waals surface area contributed by atoms with E-state index in [0.717, 1.165) is 78.1 Å². The molecule has 0 unspecified atom stereocenters. The number of anilines is 4. The van der Waals surface area contributed by atoms with Crippen LogP contribution in [0.5, 0.6) is 0 Å². The second-order valence-electron chi connectivity index (χ2n) is 14.4. The monoisotopic (exact) mass is 678 g/mol. The highest BCUT2D eigenvalue weighted by molar-refractivity contribution is 5.91. The SMILES string of the molecule is Cc1ccc(C(C)(C)Nc2nc(N3CCCC3)nc3ccccc23)cc1.Cc1ccccc1CNc1nc(N2CCCCC2)nc2ccccc12. The third-order valence-electron chi connectivity index (χ3n) is 10.1. The smallest absolute Gasteiger partial charge is 0.227 e. The number of nitrogens with zero attached hydrogens (tertiary/aromatic N) is 6. The zero-order chi connectivity index (χ0) is 35.2. The van der Waals surface area contributed by atoms with Crippen LogP contribution in [0.4, 0.5) is 23.5 Å². The quantitative estimate of drug-likeness (QED) is 0.165. The van der Waals surface area contributed by atoms with E-state index in [0.29, 0.717) is 0 Å². The minimum Gasteiger partial charge on any atom is -0.365 e. The second kappa shape index (κ2) is 15.3. The summed E-state index contributed by atoms with van der Waals surface area (Å²) in [6.45, 7) is 13.6. The van der Waals surface area contributed by atoms with Gasteiger partial charge in [0.05, 0.1) is 16.6 Å². The Kier molecular flexibility index (Phi) is 10.3. The van der Waals surface area contributed by atoms with Crippen LogP contribution in [0.15, 0.2) is 97.1 Å². The first-order valence-corrected chi connectivity index (χ1v) is 18.5. The summed E-state index contributed by atoms with van der Waals surface area (Å²) in [4.78, 5) is 24.0. The van der Waals surface area contributed by atoms with Crippen LogP contribution in [0, 0.1) is 13.8 Å². The maximum atomic E-state index is 4.91. The molecular weight excluding hydrogens is 629 g/mol. The number of nitrogens with one attached hydrogen (secondary N) is 2. The molecule has 0 aliphatic carbocycles. The molecule has 8 heteroatoms. The van der Waals surface area contributed by atoms with E-state index in [-0.39, 0.29) is 5.54 Å². The lowest BCUT2D eigenvalue weighted by Gasteiger charge is -2.29. The number of aryl methyl sites for hydroxylation is 2. The Morgan fingerprint density at radius 1 is 0.569 bits per heavy atom. The number of rotatable bonds is 8. The van der Waals surface area contributed by atoms with Crippen LogP contribution in [0.3, 0.4) is 0 Å². The molecule has 2 aliphatic rings. The van der Waals surface area contributed by atoms with Gasteiger partial charge in [0.1, 0.15) is 11.6 Å². The lowest BCUT2D eigenvalue weighted by molar-refractivity contribution is 0.569. The molecule has 0 atom stereocenters. The number of hydrogen-bond acceptors (Lipinski definition) is 8. The fourth-order valence-corrected chi connectivity index (χ4v) is 6.98. The summed E-state index contributed by atoms with van der Waals surface area (Å²) in [5.41, 5.74) is 6.88. The van der Waals surface area contributed by atoms with Gasteiger partial charge < -0.3 is 20.4 Å². The molecule has 0 saturated carbocycles. The van der Waals surface area contributed by atoms with E-state index in [1.807, 2.05) is 24.3 Å². The average Bonchev–Trinajstić information content (AvgIpc) is 3.71. The molecule has 8 nitrogen and oxygen atoms in total. The highest BCUT2D eigenvalue weighted by Gasteiger charge is 2.24. The Morgan fingerprint density at radius 2 is 1.08 bits per heavy atom. The zero-order valence-corrected chi connectivity index (χ0v) is 30.5. The molecule has 262 valence electrons. The van der Waals surface area contributed by atoms with Gasteiger partial charge in [0.15, 0.2) is 0 Å². The Bertz CT molecular complexity index is 2080. The predicted molar refractivity (Wildman–Crippen MR) is 213 cm³/mol. The maximum absolute atomic E-state index is 4.91. The van der Waals surface area contributed by atoms with E-state index in [2.05, 4.69) is 121 Å². The van der Waals surface area contributed by atoms with Crippen molar-refractivity contribution in [3.05, 3.63) is 119 Å². The maximum Gasteiger partial charge on any atom is 0.227 e. The summed E-state index contributed by atoms with van der Waals surface area (Å²) in [6.07, 6.45) is 6.19. The van der Waals surface area contributed by atoms with Gasteiger partial charge in [-0.05, 0) is 101 Å². The van der Waals surface area contributed by atoms with Crippen LogP contribution in [0.2, 0.25) is 0 Å². The van der Waals surface area contributed by atoms with Gasteiger partial charge in [-0.3, -0.25) is 0 Å². The lowest BCUT2D eigenvalue weighted by atomic mass is 9.93. The third kappa shape index (κ3) is 8.06. The van der Waals surface area contributed by atoms with Crippen LogP contribution >= 0.6 is 0 Å². The number of benzene rings is 4. The minimum absolute atomic E-state index is 0.229. The normalized spacial score (nSPS) is 14.7. The number of piperidine rings is 1. The summed E-state index contributed by atoms with van der Waals surface area (Å²) < 4.78 is 0. The molecule has 8 rings (SSSR count). The summed E-state index contributed by atoms with van der Waals surface area (Å²) in [5.74, 6) is 3.52. The van der Waals surface area contributed by atoms with Crippen molar-refractivity contribution >= 4 is 45.3 Å². The average molecular weight is 679 g/mol. The van der Waals surface area contributed by atoms with Crippen LogP contribution in [-0.2, 0) is 12.1 Å². The fourth-order valence-electron chi connectivity index (χ4n) is 6.98. The molecule has 2 N–H and O–H groups in total. The molecule has 0 amide bonds. The van der Waals surface area contributed by atoms with Gasteiger partial charge in [0.2, 0.25) is 11.9 Å². The second-order valence-corrected chi connectivity index (χ2v) is 14.4. The van der Waals surface area contributed by atoms with Crippen molar-refractivity contribution in [3.63, 3.8) is 0 Å². The molecule has 4 aromatic carbocycles. The molecule has 0 spiro atoms. The van der Waals surface area contributed by atoms with Crippen LogP contribution < -0.4 is 20.4 Å². The van der Waals surface area contributed by atoms with Crippen molar-refractivity contribution in [2.24, 2.45) is 0 Å². The molecule has 2 aliphatic heterocycles. The summed E-state index contributed by atoms with van der Waals surface area (Å²) in [5, 5.41) is 9.38. The largest absolute Gasteiger partial charge is 0.365 e. The van der Waals surface area contributed by atoms with E-state index in [4.69, 9.17) is 19.9 Å². The fraction of sp³-hybridized carbons (Fsp3) is 0.349. The molecular formula is C43H50N8. The van der Waals surface area contributed by atoms with Crippen molar-refractivity contribution in [1.29, 1.82) is 0 Å². The summed E-state index contributed by atoms with van der Waals surface area (Å²) >= 11 is 0. The molecule has 4 heterocycles. The van der Waals surface area contributed by atoms with Gasteiger partial charge in [0.25, 0.3) is 0 Å². The van der Waals surface area contributed by atoms with E-state index >= 15 is 0 Å². The summed E-state index contributed by atoms with van der Waals surface area (Å²) in [7, 11) is 0. The Morgan fingerprint density at radius 3 is 1.69 bits per heavy atom. The lowest BCUT2D eigenvalue weighted by Crippen LogP contribution is -2.31. The van der Waals surface area contributed by atoms with Crippen molar-refractivity contribution in [2.75, 3.05) is 46.6 Å². The predicted octanol–water partition coefficient (Wildman–Crippen LogP) is 9.43. The third-order valence-corrected chi connectivity index (χ3v) is 10.1. The van der Waals surface area contributed by atoms with Gasteiger partial charge in [-0.25, -0.2) is 9.97 Å². The molecule has 6 aromatic rings. The molecule has 2 fully saturated rings. The highest BCUT2D eigenvalue weighted by Crippen LogP contribution is 2.31. The van der Waals surface area contributed by atoms with E-state index in [9.17, 15) is 0 Å². The Balaban J connectivity index is 0.000000159. The van der Waals surface area contributed by atoms with Gasteiger partial charge in [-0.2, -0.15) is 9.97 Å². The van der Waals surface area contributed by atoms with Gasteiger partial charge in [-0.15, -0.1) is 0 Å². The number of para-hydroxylation sites is 2. The number of hydrogen-bond donors (Lipinski definition) is 2. The summed E-state index contributed by atoms with van der Waals surface area (Å²) in [6, 6.07) is 33.7. The van der Waals surface area contributed by atoms with Crippen LogP contribution in [0.1, 0.15) is 68.2 Å². The van der Waals surface area contributed by atoms with Crippen molar-refractivity contribution in [2.45, 2.75) is 71.9 Å². The van der Waals surface area contributed by atoms with Crippen molar-refractivity contribution in [1.82, 2.24) is 19.9 Å². The molecule has 51 heavy (non-hydrogen) atoms. The first-order chi connectivity index (χ1) is 24.8. The minimum atomic E-state index is -0.229. The van der Waals surface area contributed by atoms with E-state index in [1.54, 1.807) is 0 Å². The molecule has 2 aromatic heterocycles. The zero-order valence-electron chi connectivity index (χ0n) is 30.5. The molecule has 0 bridgehead atoms. The topological polar surface area (TPSA) is 82.1 Å². The van der Waals surface area contributed by atoms with Gasteiger partial charge in [0, 0.05) is 43.5 Å². The standard InChI is InChI=1S/C22H26N4.C21H24N4/c1-16-10-12-17(13-11-16)22(2,3)25-20-18-8-4-5-9-19(18)23-21(24-20)26-14-6-7-15-26;1-16-9-3-4-10-17(16)15-22-20-18-11-5-6-12-19(18)23-21(24-20)25-13-7-2-8-14-25/h4-5,8-13H,6-7,14-15H2,1-3H3,(H,23,24,25);3-6,9-12H,2,7-8,13-15H2,1H3,(H,22,23,24). The highest BCUT2D eigenvalue weighted by atomic mass is 15.3. The van der Waals surface area contributed by atoms with E-state index in [1.165, 1.54) is 54.4 Å². The number of fused-ring (bicyclic) bond motifs is 2. The Labute approximate surface area is 302 Å². The molecule has 2 saturated heterocycles. The van der Waals surface area contributed by atoms with Crippen molar-refractivity contribution < 1.29 is 0 Å². The number of aromatic nitrogens is 4. The van der Waals surface area contributed by atoms with Crippen LogP contribution in [-0.4, -0.2) is 46.1 Å². The van der Waals surface area contributed by atoms with Crippen LogP contribution in [0.25, 0.3) is 21.8 Å². The van der Waals surface area contributed by atoms with Gasteiger partial charge in [-0.1, -0.05) is 78.4 Å². The first-order valence-electron chi connectivity index (χ1n) is 18.5. The molecule has 0 radical (unpaired) electrons. The van der Waals surface area contributed by atoms with Crippen molar-refractivity contribution in [3.8, 4) is 0 Å². The Hall–Kier alpha value is -5.24. The van der Waals surface area contributed by atoms with E-state index < -0.39 is 0 Å². The van der Waals surface area contributed by atoms with Gasteiger partial charge >= 0.3 is 0 Å².